The average Bonchev–Trinajstić information content (AvgIpc) is 3.00. The molecule has 5 rings (SSSR count). The molecule has 0 aliphatic rings. The molecule has 0 unspecified atom stereocenters. The van der Waals surface area contributed by atoms with Crippen LogP contribution in [-0.4, -0.2) is 23.4 Å². The molecule has 0 aromatic heterocycles. The molecule has 5 aromatic rings. The van der Waals surface area contributed by atoms with Gasteiger partial charge in [0.2, 0.25) is 0 Å². The van der Waals surface area contributed by atoms with Gasteiger partial charge in [0.05, 0.1) is 0 Å². The van der Waals surface area contributed by atoms with Gasteiger partial charge in [0.15, 0.2) is 6.61 Å². The van der Waals surface area contributed by atoms with E-state index in [9.17, 15) is 4.79 Å². The summed E-state index contributed by atoms with van der Waals surface area (Å²) < 4.78 is 5.37. The number of carboxylic acid groups (broad SMARTS) is 1. The third-order valence-electron chi connectivity index (χ3n) is 6.91. The van der Waals surface area contributed by atoms with Crippen molar-refractivity contribution in [3.05, 3.63) is 138 Å². The minimum absolute atomic E-state index is 0.354. The van der Waals surface area contributed by atoms with E-state index in [1.165, 1.54) is 0 Å². The molecule has 5 nitrogen and oxygen atoms in total. The zero-order valence-electron chi connectivity index (χ0n) is 23.3. The highest BCUT2D eigenvalue weighted by atomic mass is 32.2. The van der Waals surface area contributed by atoms with Gasteiger partial charge in [-0.1, -0.05) is 78.9 Å². The number of carbonyl (C=O) groups is 1. The molecule has 5 aromatic carbocycles. The Balaban J connectivity index is 1.40. The van der Waals surface area contributed by atoms with Crippen molar-refractivity contribution < 1.29 is 14.6 Å². The minimum Gasteiger partial charge on any atom is -0.482 e. The van der Waals surface area contributed by atoms with Gasteiger partial charge in [-0.25, -0.2) is 4.79 Å². The summed E-state index contributed by atoms with van der Waals surface area (Å²) in [5, 5.41) is 8.90. The van der Waals surface area contributed by atoms with Crippen LogP contribution in [0, 0.1) is 6.92 Å². The van der Waals surface area contributed by atoms with E-state index in [0.29, 0.717) is 5.75 Å². The third kappa shape index (κ3) is 7.22. The molecule has 210 valence electrons. The van der Waals surface area contributed by atoms with Crippen LogP contribution in [0.15, 0.2) is 126 Å². The molecule has 0 radical (unpaired) electrons. The van der Waals surface area contributed by atoms with Crippen LogP contribution in [0.25, 0.3) is 27.8 Å². The average molecular weight is 573 g/mol. The fourth-order valence-corrected chi connectivity index (χ4v) is 5.54. The molecule has 0 spiro atoms. The highest BCUT2D eigenvalue weighted by Gasteiger charge is 2.09. The van der Waals surface area contributed by atoms with Crippen LogP contribution < -0.4 is 16.2 Å². The van der Waals surface area contributed by atoms with Crippen molar-refractivity contribution in [1.29, 1.82) is 0 Å². The number of benzene rings is 5. The summed E-state index contributed by atoms with van der Waals surface area (Å²) in [5.74, 6) is 0.345. The predicted octanol–water partition coefficient (Wildman–Crippen LogP) is 8.18. The van der Waals surface area contributed by atoms with E-state index < -0.39 is 5.97 Å². The van der Waals surface area contributed by atoms with E-state index in [4.69, 9.17) is 21.3 Å². The predicted molar refractivity (Wildman–Crippen MR) is 175 cm³/mol. The second-order valence-corrected chi connectivity index (χ2v) is 11.0. The summed E-state index contributed by atoms with van der Waals surface area (Å²) in [7, 11) is 0. The van der Waals surface area contributed by atoms with E-state index in [1.807, 2.05) is 73.7 Å². The highest BCUT2D eigenvalue weighted by molar-refractivity contribution is 7.99. The van der Waals surface area contributed by atoms with Gasteiger partial charge in [0, 0.05) is 22.0 Å². The van der Waals surface area contributed by atoms with Gasteiger partial charge in [-0.05, 0) is 93.9 Å². The standard InChI is InChI=1S/C36H32N2O3S/c1-24-22-33(18-19-35(24)41-23-36(39)40)42-21-20-34(29-6-2-25(3-7-29)27-10-14-31(37)15-11-27)30-8-4-26(5-9-30)28-12-16-32(38)17-13-28/h2-20,22H,21,23,37-38H2,1H3,(H,39,40). The maximum atomic E-state index is 10.9. The maximum Gasteiger partial charge on any atom is 0.341 e. The summed E-state index contributed by atoms with van der Waals surface area (Å²) in [6, 6.07) is 38.8. The molecule has 0 heterocycles. The number of hydrogen-bond acceptors (Lipinski definition) is 5. The largest absolute Gasteiger partial charge is 0.482 e. The Hall–Kier alpha value is -4.94. The van der Waals surface area contributed by atoms with Crippen LogP contribution in [-0.2, 0) is 4.79 Å². The molecule has 5 N–H and O–H groups in total. The number of carboxylic acids is 1. The van der Waals surface area contributed by atoms with Crippen LogP contribution >= 0.6 is 11.8 Å². The number of ether oxygens (including phenoxy) is 1. The fourth-order valence-electron chi connectivity index (χ4n) is 4.67. The van der Waals surface area contributed by atoms with Crippen LogP contribution in [0.5, 0.6) is 5.75 Å². The van der Waals surface area contributed by atoms with Crippen LogP contribution in [0.3, 0.4) is 0 Å². The molecule has 0 amide bonds. The number of anilines is 2. The number of aliphatic carboxylic acids is 1. The topological polar surface area (TPSA) is 98.6 Å². The first kappa shape index (κ1) is 28.6. The van der Waals surface area contributed by atoms with Crippen LogP contribution in [0.2, 0.25) is 0 Å². The Morgan fingerprint density at radius 3 is 1.60 bits per heavy atom. The molecule has 0 saturated carbocycles. The Labute approximate surface area is 250 Å². The third-order valence-corrected chi connectivity index (χ3v) is 7.84. The number of aryl methyl sites for hydroxylation is 1. The molecule has 0 atom stereocenters. The first-order valence-corrected chi connectivity index (χ1v) is 14.6. The Morgan fingerprint density at radius 2 is 1.17 bits per heavy atom. The summed E-state index contributed by atoms with van der Waals surface area (Å²) in [6.07, 6.45) is 2.26. The summed E-state index contributed by atoms with van der Waals surface area (Å²) >= 11 is 1.72. The van der Waals surface area contributed by atoms with Crippen molar-refractivity contribution in [2.24, 2.45) is 0 Å². The molecule has 0 fully saturated rings. The lowest BCUT2D eigenvalue weighted by atomic mass is 9.94. The number of thioether (sulfide) groups is 1. The number of nitrogen functional groups attached to an aromatic ring is 2. The number of nitrogens with two attached hydrogens (primary N) is 2. The van der Waals surface area contributed by atoms with E-state index >= 15 is 0 Å². The van der Waals surface area contributed by atoms with Crippen molar-refractivity contribution in [2.45, 2.75) is 11.8 Å². The maximum absolute atomic E-state index is 10.9. The highest BCUT2D eigenvalue weighted by Crippen LogP contribution is 2.31. The smallest absolute Gasteiger partial charge is 0.341 e. The molecule has 0 aliphatic carbocycles. The molecule has 42 heavy (non-hydrogen) atoms. The van der Waals surface area contributed by atoms with Crippen molar-refractivity contribution >= 4 is 34.7 Å². The van der Waals surface area contributed by atoms with Gasteiger partial charge < -0.3 is 21.3 Å². The Bertz CT molecular complexity index is 1600. The second-order valence-electron chi connectivity index (χ2n) is 9.94. The Morgan fingerprint density at radius 1 is 0.714 bits per heavy atom. The lowest BCUT2D eigenvalue weighted by molar-refractivity contribution is -0.139. The van der Waals surface area contributed by atoms with Crippen molar-refractivity contribution in [1.82, 2.24) is 0 Å². The van der Waals surface area contributed by atoms with Crippen molar-refractivity contribution in [2.75, 3.05) is 23.8 Å². The number of hydrogen-bond donors (Lipinski definition) is 3. The van der Waals surface area contributed by atoms with E-state index in [2.05, 4.69) is 54.6 Å². The molecule has 0 saturated heterocycles. The van der Waals surface area contributed by atoms with Gasteiger partial charge in [-0.15, -0.1) is 11.8 Å². The van der Waals surface area contributed by atoms with E-state index in [1.54, 1.807) is 11.8 Å². The lowest BCUT2D eigenvalue weighted by Gasteiger charge is -2.12. The molecule has 0 aliphatic heterocycles. The summed E-state index contributed by atoms with van der Waals surface area (Å²) in [4.78, 5) is 11.9. The van der Waals surface area contributed by atoms with Crippen LogP contribution in [0.4, 0.5) is 11.4 Å². The zero-order valence-corrected chi connectivity index (χ0v) is 24.1. The van der Waals surface area contributed by atoms with Gasteiger partial charge in [0.1, 0.15) is 5.75 Å². The lowest BCUT2D eigenvalue weighted by Crippen LogP contribution is -2.09. The van der Waals surface area contributed by atoms with Crippen molar-refractivity contribution in [3.8, 4) is 28.0 Å². The normalized spacial score (nSPS) is 10.7. The monoisotopic (exact) mass is 572 g/mol. The minimum atomic E-state index is -0.992. The van der Waals surface area contributed by atoms with Crippen LogP contribution in [0.1, 0.15) is 16.7 Å². The molecular weight excluding hydrogens is 540 g/mol. The van der Waals surface area contributed by atoms with Gasteiger partial charge in [-0.2, -0.15) is 0 Å². The molecule has 6 heteroatoms. The first-order valence-electron chi connectivity index (χ1n) is 13.6. The fraction of sp³-hybridized carbons (Fsp3) is 0.0833. The Kier molecular flexibility index (Phi) is 8.95. The van der Waals surface area contributed by atoms with Gasteiger partial charge in [-0.3, -0.25) is 0 Å². The second kappa shape index (κ2) is 13.1. The molecular formula is C36H32N2O3S. The van der Waals surface area contributed by atoms with Gasteiger partial charge >= 0.3 is 5.97 Å². The summed E-state index contributed by atoms with van der Waals surface area (Å²) in [6.45, 7) is 1.57. The van der Waals surface area contributed by atoms with E-state index in [0.717, 1.165) is 66.5 Å². The SMILES string of the molecule is Cc1cc(SCC=C(c2ccc(-c3ccc(N)cc3)cc2)c2ccc(-c3ccc(N)cc3)cc2)ccc1OCC(=O)O. The zero-order chi connectivity index (χ0) is 29.5. The van der Waals surface area contributed by atoms with E-state index in [-0.39, 0.29) is 6.61 Å². The first-order chi connectivity index (χ1) is 20.4. The summed E-state index contributed by atoms with van der Waals surface area (Å²) in [5.41, 5.74) is 22.1. The number of rotatable bonds is 10. The van der Waals surface area contributed by atoms with Crippen molar-refractivity contribution in [3.63, 3.8) is 0 Å². The quantitative estimate of drug-likeness (QED) is 0.115. The van der Waals surface area contributed by atoms with Gasteiger partial charge in [0.25, 0.3) is 0 Å². The molecule has 0 bridgehead atoms.